The van der Waals surface area contributed by atoms with E-state index in [0.717, 1.165) is 34.7 Å². The minimum absolute atomic E-state index is 0.0221. The summed E-state index contributed by atoms with van der Waals surface area (Å²) in [6, 6.07) is 12.0. The van der Waals surface area contributed by atoms with Crippen LogP contribution in [0.1, 0.15) is 42.9 Å². The molecule has 0 radical (unpaired) electrons. The van der Waals surface area contributed by atoms with Gasteiger partial charge in [-0.05, 0) is 54.2 Å². The number of thioether (sulfide) groups is 1. The van der Waals surface area contributed by atoms with E-state index in [4.69, 9.17) is 9.47 Å². The average molecular weight is 388 g/mol. The highest BCUT2D eigenvalue weighted by Crippen LogP contribution is 2.32. The summed E-state index contributed by atoms with van der Waals surface area (Å²) < 4.78 is 10.7. The van der Waals surface area contributed by atoms with E-state index in [9.17, 15) is 4.79 Å². The normalized spacial score (nSPS) is 11.7. The van der Waals surface area contributed by atoms with E-state index in [0.29, 0.717) is 17.4 Å². The third kappa shape index (κ3) is 5.67. The minimum Gasteiger partial charge on any atom is -0.493 e. The first-order chi connectivity index (χ1) is 13.0. The molecule has 0 spiro atoms. The molecule has 2 rings (SSSR count). The number of aryl methyl sites for hydroxylation is 1. The van der Waals surface area contributed by atoms with E-state index in [-0.39, 0.29) is 5.91 Å². The lowest BCUT2D eigenvalue weighted by atomic mass is 9.97. The SMILES string of the molecule is CC[C@@H](C)c1ccccc1NC(=O)CSCc1cc(OC)c(OC)cc1C. The van der Waals surface area contributed by atoms with Gasteiger partial charge in [-0.3, -0.25) is 4.79 Å². The van der Waals surface area contributed by atoms with E-state index in [1.807, 2.05) is 37.3 Å². The number of methoxy groups -OCH3 is 2. The van der Waals surface area contributed by atoms with Gasteiger partial charge in [0.2, 0.25) is 5.91 Å². The van der Waals surface area contributed by atoms with Crippen molar-refractivity contribution in [2.24, 2.45) is 0 Å². The summed E-state index contributed by atoms with van der Waals surface area (Å²) in [7, 11) is 3.26. The molecule has 5 heteroatoms. The van der Waals surface area contributed by atoms with Crippen molar-refractivity contribution in [3.63, 3.8) is 0 Å². The fourth-order valence-electron chi connectivity index (χ4n) is 2.88. The molecule has 4 nitrogen and oxygen atoms in total. The number of hydrogen-bond acceptors (Lipinski definition) is 4. The third-order valence-electron chi connectivity index (χ3n) is 4.71. The van der Waals surface area contributed by atoms with Gasteiger partial charge in [0.05, 0.1) is 20.0 Å². The van der Waals surface area contributed by atoms with E-state index in [1.165, 1.54) is 5.56 Å². The van der Waals surface area contributed by atoms with Crippen LogP contribution < -0.4 is 14.8 Å². The number of ether oxygens (including phenoxy) is 2. The zero-order chi connectivity index (χ0) is 19.8. The highest BCUT2D eigenvalue weighted by Gasteiger charge is 2.12. The second-order valence-corrected chi connectivity index (χ2v) is 7.56. The number of hydrogen-bond donors (Lipinski definition) is 1. The fourth-order valence-corrected chi connectivity index (χ4v) is 3.77. The molecule has 2 aromatic rings. The van der Waals surface area contributed by atoms with Gasteiger partial charge in [0.1, 0.15) is 0 Å². The summed E-state index contributed by atoms with van der Waals surface area (Å²) in [5.74, 6) is 3.03. The van der Waals surface area contributed by atoms with E-state index in [2.05, 4.69) is 25.2 Å². The van der Waals surface area contributed by atoms with Crippen LogP contribution in [0.3, 0.4) is 0 Å². The number of rotatable bonds is 9. The van der Waals surface area contributed by atoms with Crippen LogP contribution >= 0.6 is 11.8 Å². The lowest BCUT2D eigenvalue weighted by molar-refractivity contribution is -0.113. The number of nitrogens with one attached hydrogen (secondary N) is 1. The molecular formula is C22H29NO3S. The van der Waals surface area contributed by atoms with E-state index < -0.39 is 0 Å². The second-order valence-electron chi connectivity index (χ2n) is 6.57. The smallest absolute Gasteiger partial charge is 0.234 e. The van der Waals surface area contributed by atoms with Crippen LogP contribution in [0.15, 0.2) is 36.4 Å². The van der Waals surface area contributed by atoms with Crippen molar-refractivity contribution in [3.8, 4) is 11.5 Å². The molecule has 0 unspecified atom stereocenters. The summed E-state index contributed by atoms with van der Waals surface area (Å²) in [6.45, 7) is 6.38. The van der Waals surface area contributed by atoms with Gasteiger partial charge in [-0.1, -0.05) is 32.0 Å². The maximum absolute atomic E-state index is 12.4. The van der Waals surface area contributed by atoms with Gasteiger partial charge in [-0.15, -0.1) is 11.8 Å². The molecule has 1 N–H and O–H groups in total. The molecule has 0 aliphatic heterocycles. The molecule has 0 heterocycles. The average Bonchev–Trinajstić information content (AvgIpc) is 2.68. The molecule has 27 heavy (non-hydrogen) atoms. The van der Waals surface area contributed by atoms with Gasteiger partial charge in [-0.2, -0.15) is 0 Å². The second kappa shape index (κ2) is 10.3. The molecule has 0 saturated heterocycles. The molecule has 1 amide bonds. The Hall–Kier alpha value is -2.14. The number of anilines is 1. The van der Waals surface area contributed by atoms with Crippen LogP contribution in [0.5, 0.6) is 11.5 Å². The van der Waals surface area contributed by atoms with Gasteiger partial charge in [-0.25, -0.2) is 0 Å². The molecule has 0 bridgehead atoms. The molecule has 0 aromatic heterocycles. The summed E-state index contributed by atoms with van der Waals surface area (Å²) >= 11 is 1.59. The van der Waals surface area contributed by atoms with Gasteiger partial charge < -0.3 is 14.8 Å². The molecule has 1 atom stereocenters. The van der Waals surface area contributed by atoms with Crippen molar-refractivity contribution >= 4 is 23.4 Å². The van der Waals surface area contributed by atoms with Gasteiger partial charge >= 0.3 is 0 Å². The minimum atomic E-state index is 0.0221. The molecule has 0 saturated carbocycles. The predicted molar refractivity (Wildman–Crippen MR) is 114 cm³/mol. The Morgan fingerprint density at radius 2 is 1.81 bits per heavy atom. The van der Waals surface area contributed by atoms with Crippen LogP contribution in [0, 0.1) is 6.92 Å². The summed E-state index contributed by atoms with van der Waals surface area (Å²) in [5.41, 5.74) is 4.38. The van der Waals surface area contributed by atoms with Gasteiger partial charge in [0.15, 0.2) is 11.5 Å². The Morgan fingerprint density at radius 3 is 2.48 bits per heavy atom. The molecule has 0 aliphatic rings. The lowest BCUT2D eigenvalue weighted by Crippen LogP contribution is -2.16. The van der Waals surface area contributed by atoms with Crippen molar-refractivity contribution in [3.05, 3.63) is 53.1 Å². The number of amides is 1. The fraction of sp³-hybridized carbons (Fsp3) is 0.409. The Labute approximate surface area is 166 Å². The van der Waals surface area contributed by atoms with Gasteiger partial charge in [0, 0.05) is 11.4 Å². The highest BCUT2D eigenvalue weighted by molar-refractivity contribution is 7.99. The van der Waals surface area contributed by atoms with Crippen LogP contribution in [0.4, 0.5) is 5.69 Å². The van der Waals surface area contributed by atoms with E-state index >= 15 is 0 Å². The quantitative estimate of drug-likeness (QED) is 0.626. The summed E-state index contributed by atoms with van der Waals surface area (Å²) in [5, 5.41) is 3.06. The van der Waals surface area contributed by atoms with Crippen molar-refractivity contribution in [2.45, 2.75) is 38.9 Å². The first-order valence-electron chi connectivity index (χ1n) is 9.18. The van der Waals surface area contributed by atoms with Crippen molar-refractivity contribution in [1.29, 1.82) is 0 Å². The van der Waals surface area contributed by atoms with Crippen molar-refractivity contribution in [2.75, 3.05) is 25.3 Å². The number of benzene rings is 2. The molecule has 146 valence electrons. The maximum Gasteiger partial charge on any atom is 0.234 e. The Kier molecular flexibility index (Phi) is 8.04. The van der Waals surface area contributed by atoms with Crippen LogP contribution in [0.2, 0.25) is 0 Å². The van der Waals surface area contributed by atoms with Crippen molar-refractivity contribution < 1.29 is 14.3 Å². The molecular weight excluding hydrogens is 358 g/mol. The first-order valence-corrected chi connectivity index (χ1v) is 10.3. The zero-order valence-corrected chi connectivity index (χ0v) is 17.6. The van der Waals surface area contributed by atoms with Crippen LogP contribution in [0.25, 0.3) is 0 Å². The van der Waals surface area contributed by atoms with Crippen molar-refractivity contribution in [1.82, 2.24) is 0 Å². The van der Waals surface area contributed by atoms with Crippen LogP contribution in [-0.4, -0.2) is 25.9 Å². The maximum atomic E-state index is 12.4. The molecule has 2 aromatic carbocycles. The van der Waals surface area contributed by atoms with Crippen LogP contribution in [-0.2, 0) is 10.5 Å². The summed E-state index contributed by atoms with van der Waals surface area (Å²) in [6.07, 6.45) is 1.04. The summed E-state index contributed by atoms with van der Waals surface area (Å²) in [4.78, 5) is 12.4. The number of carbonyl (C=O) groups excluding carboxylic acids is 1. The monoisotopic (exact) mass is 387 g/mol. The third-order valence-corrected chi connectivity index (χ3v) is 5.69. The van der Waals surface area contributed by atoms with Gasteiger partial charge in [0.25, 0.3) is 0 Å². The first kappa shape index (κ1) is 21.2. The largest absolute Gasteiger partial charge is 0.493 e. The Bertz CT molecular complexity index is 776. The number of para-hydroxylation sites is 1. The molecule has 0 fully saturated rings. The zero-order valence-electron chi connectivity index (χ0n) is 16.8. The molecule has 0 aliphatic carbocycles. The number of carbonyl (C=O) groups is 1. The van der Waals surface area contributed by atoms with E-state index in [1.54, 1.807) is 26.0 Å². The predicted octanol–water partition coefficient (Wildman–Crippen LogP) is 5.40. The Morgan fingerprint density at radius 1 is 1.15 bits per heavy atom. The topological polar surface area (TPSA) is 47.6 Å². The standard InChI is InChI=1S/C22H29NO3S/c1-6-15(2)18-9-7-8-10-19(18)23-22(24)14-27-13-17-12-21(26-5)20(25-4)11-16(17)3/h7-12,15H,6,13-14H2,1-5H3,(H,23,24)/t15-/m1/s1. The Balaban J connectivity index is 1.96. The lowest BCUT2D eigenvalue weighted by Gasteiger charge is -2.16. The highest BCUT2D eigenvalue weighted by atomic mass is 32.2.